The molecule has 0 bridgehead atoms. The van der Waals surface area contributed by atoms with Crippen LogP contribution in [0.1, 0.15) is 5.56 Å². The summed E-state index contributed by atoms with van der Waals surface area (Å²) < 4.78 is 0. The Morgan fingerprint density at radius 1 is 0.636 bits per heavy atom. The van der Waals surface area contributed by atoms with Gasteiger partial charge in [0.05, 0.1) is 11.4 Å². The molecule has 0 radical (unpaired) electrons. The molecular formula is C20H13NS. The molecule has 0 fully saturated rings. The van der Waals surface area contributed by atoms with E-state index < -0.39 is 0 Å². The number of nitrogens with zero attached hydrogens (tertiary/aromatic N) is 1. The first-order chi connectivity index (χ1) is 10.9. The Hall–Kier alpha value is -2.63. The van der Waals surface area contributed by atoms with Gasteiger partial charge in [-0.1, -0.05) is 54.2 Å². The molecule has 104 valence electrons. The summed E-state index contributed by atoms with van der Waals surface area (Å²) in [5.41, 5.74) is 3.32. The molecule has 0 aliphatic carbocycles. The first-order valence-electron chi connectivity index (χ1n) is 7.14. The standard InChI is InChI=1S/C20H13NS/c1-2-8-16(9-3-1)14-15-21-17-10-4-6-12-19(17)22-20-13-7-5-11-18(20)21/h1-13H. The predicted molar refractivity (Wildman–Crippen MR) is 92.5 cm³/mol. The zero-order valence-electron chi connectivity index (χ0n) is 11.9. The highest BCUT2D eigenvalue weighted by Crippen LogP contribution is 2.47. The second-order valence-electron chi connectivity index (χ2n) is 4.98. The number of benzene rings is 3. The molecule has 2 heteroatoms. The number of para-hydroxylation sites is 2. The average molecular weight is 299 g/mol. The van der Waals surface area contributed by atoms with Crippen molar-refractivity contribution in [3.63, 3.8) is 0 Å². The lowest BCUT2D eigenvalue weighted by atomic mass is 10.2. The van der Waals surface area contributed by atoms with Crippen molar-refractivity contribution in [1.82, 2.24) is 0 Å². The second kappa shape index (κ2) is 5.63. The van der Waals surface area contributed by atoms with Crippen LogP contribution in [0.15, 0.2) is 88.7 Å². The Labute approximate surface area is 134 Å². The van der Waals surface area contributed by atoms with Gasteiger partial charge in [0.1, 0.15) is 0 Å². The molecule has 0 atom stereocenters. The van der Waals surface area contributed by atoms with Gasteiger partial charge in [-0.2, -0.15) is 0 Å². The van der Waals surface area contributed by atoms with E-state index in [1.165, 1.54) is 9.79 Å². The first kappa shape index (κ1) is 13.1. The van der Waals surface area contributed by atoms with Gasteiger partial charge in [-0.3, -0.25) is 4.90 Å². The third kappa shape index (κ3) is 2.36. The Morgan fingerprint density at radius 3 is 1.82 bits per heavy atom. The van der Waals surface area contributed by atoms with E-state index in [2.05, 4.69) is 65.4 Å². The fourth-order valence-electron chi connectivity index (χ4n) is 2.47. The lowest BCUT2D eigenvalue weighted by Gasteiger charge is -2.27. The third-order valence-electron chi connectivity index (χ3n) is 3.52. The van der Waals surface area contributed by atoms with E-state index in [0.717, 1.165) is 16.9 Å². The maximum absolute atomic E-state index is 3.32. The van der Waals surface area contributed by atoms with Gasteiger partial charge in [0.2, 0.25) is 0 Å². The summed E-state index contributed by atoms with van der Waals surface area (Å²) in [7, 11) is 0. The zero-order valence-corrected chi connectivity index (χ0v) is 12.7. The van der Waals surface area contributed by atoms with Crippen LogP contribution in [-0.2, 0) is 0 Å². The summed E-state index contributed by atoms with van der Waals surface area (Å²) in [6.45, 7) is 0. The number of rotatable bonds is 0. The summed E-state index contributed by atoms with van der Waals surface area (Å²) in [4.78, 5) is 4.57. The van der Waals surface area contributed by atoms with Gasteiger partial charge in [0.15, 0.2) is 0 Å². The molecule has 1 nitrogen and oxygen atoms in total. The summed E-state index contributed by atoms with van der Waals surface area (Å²) in [6, 6.07) is 30.2. The van der Waals surface area contributed by atoms with Crippen molar-refractivity contribution in [1.29, 1.82) is 0 Å². The Bertz CT molecular complexity index is 829. The molecule has 1 heterocycles. The Morgan fingerprint density at radius 2 is 1.18 bits per heavy atom. The molecule has 3 aromatic rings. The molecule has 1 aliphatic heterocycles. The van der Waals surface area contributed by atoms with Gasteiger partial charge in [-0.15, -0.1) is 0 Å². The number of anilines is 2. The topological polar surface area (TPSA) is 3.24 Å². The van der Waals surface area contributed by atoms with Crippen molar-refractivity contribution in [2.24, 2.45) is 0 Å². The SMILES string of the molecule is C(#CN1c2ccccc2Sc2ccccc21)c1ccccc1. The van der Waals surface area contributed by atoms with Crippen LogP contribution in [0.4, 0.5) is 11.4 Å². The molecule has 0 aromatic heterocycles. The fourth-order valence-corrected chi connectivity index (χ4v) is 3.52. The Balaban J connectivity index is 1.83. The molecule has 0 amide bonds. The van der Waals surface area contributed by atoms with Gasteiger partial charge >= 0.3 is 0 Å². The minimum absolute atomic E-state index is 1.02. The summed E-state index contributed by atoms with van der Waals surface area (Å²) in [5.74, 6) is 3.26. The highest BCUT2D eigenvalue weighted by Gasteiger charge is 2.21. The van der Waals surface area contributed by atoms with E-state index in [0.29, 0.717) is 0 Å². The molecular weight excluding hydrogens is 286 g/mol. The van der Waals surface area contributed by atoms with Crippen LogP contribution in [0.2, 0.25) is 0 Å². The van der Waals surface area contributed by atoms with Crippen molar-refractivity contribution in [3.05, 3.63) is 84.4 Å². The molecule has 0 saturated heterocycles. The van der Waals surface area contributed by atoms with E-state index in [1.54, 1.807) is 11.8 Å². The fraction of sp³-hybridized carbons (Fsp3) is 0. The average Bonchev–Trinajstić information content (AvgIpc) is 2.59. The first-order valence-corrected chi connectivity index (χ1v) is 7.96. The van der Waals surface area contributed by atoms with E-state index >= 15 is 0 Å². The second-order valence-corrected chi connectivity index (χ2v) is 6.06. The maximum atomic E-state index is 3.32. The van der Waals surface area contributed by atoms with Crippen molar-refractivity contribution in [2.75, 3.05) is 4.90 Å². The number of fused-ring (bicyclic) bond motifs is 2. The van der Waals surface area contributed by atoms with E-state index in [-0.39, 0.29) is 0 Å². The molecule has 0 saturated carbocycles. The van der Waals surface area contributed by atoms with Gasteiger partial charge < -0.3 is 0 Å². The molecule has 1 aliphatic rings. The summed E-state index contributed by atoms with van der Waals surface area (Å²) >= 11 is 1.80. The van der Waals surface area contributed by atoms with E-state index in [1.807, 2.05) is 30.3 Å². The quantitative estimate of drug-likeness (QED) is 0.518. The number of hydrogen-bond donors (Lipinski definition) is 0. The lowest BCUT2D eigenvalue weighted by molar-refractivity contribution is 1.19. The maximum Gasteiger partial charge on any atom is 0.0685 e. The van der Waals surface area contributed by atoms with Crippen LogP contribution in [-0.4, -0.2) is 0 Å². The van der Waals surface area contributed by atoms with Crippen LogP contribution in [0.25, 0.3) is 0 Å². The minimum Gasteiger partial charge on any atom is -0.267 e. The molecule has 3 aromatic carbocycles. The van der Waals surface area contributed by atoms with Gasteiger partial charge in [0, 0.05) is 21.4 Å². The highest BCUT2D eigenvalue weighted by atomic mass is 32.2. The molecule has 22 heavy (non-hydrogen) atoms. The monoisotopic (exact) mass is 299 g/mol. The lowest BCUT2D eigenvalue weighted by Crippen LogP contribution is -2.14. The predicted octanol–water partition coefficient (Wildman–Crippen LogP) is 5.30. The normalized spacial score (nSPS) is 11.9. The van der Waals surface area contributed by atoms with Crippen LogP contribution in [0.3, 0.4) is 0 Å². The largest absolute Gasteiger partial charge is 0.267 e. The van der Waals surface area contributed by atoms with Crippen molar-refractivity contribution < 1.29 is 0 Å². The highest BCUT2D eigenvalue weighted by molar-refractivity contribution is 7.99. The molecule has 4 rings (SSSR count). The van der Waals surface area contributed by atoms with Gasteiger partial charge in [0.25, 0.3) is 0 Å². The van der Waals surface area contributed by atoms with Crippen LogP contribution in [0, 0.1) is 12.0 Å². The third-order valence-corrected chi connectivity index (χ3v) is 4.65. The van der Waals surface area contributed by atoms with E-state index in [9.17, 15) is 0 Å². The van der Waals surface area contributed by atoms with Crippen LogP contribution >= 0.6 is 11.8 Å². The van der Waals surface area contributed by atoms with Crippen molar-refractivity contribution >= 4 is 23.1 Å². The van der Waals surface area contributed by atoms with Crippen LogP contribution in [0.5, 0.6) is 0 Å². The van der Waals surface area contributed by atoms with Gasteiger partial charge in [-0.25, -0.2) is 0 Å². The van der Waals surface area contributed by atoms with E-state index in [4.69, 9.17) is 0 Å². The summed E-state index contributed by atoms with van der Waals surface area (Å²) in [6.07, 6.45) is 0. The molecule has 0 N–H and O–H groups in total. The van der Waals surface area contributed by atoms with Crippen LogP contribution < -0.4 is 4.90 Å². The smallest absolute Gasteiger partial charge is 0.0685 e. The van der Waals surface area contributed by atoms with Gasteiger partial charge in [-0.05, 0) is 42.3 Å². The molecule has 0 unspecified atom stereocenters. The minimum atomic E-state index is 1.02. The molecule has 0 spiro atoms. The summed E-state index contributed by atoms with van der Waals surface area (Å²) in [5, 5.41) is 0. The van der Waals surface area contributed by atoms with Crippen molar-refractivity contribution in [3.8, 4) is 12.0 Å². The Kier molecular flexibility index (Phi) is 3.34. The van der Waals surface area contributed by atoms with Crippen molar-refractivity contribution in [2.45, 2.75) is 9.79 Å². The number of hydrogen-bond acceptors (Lipinski definition) is 2. The zero-order chi connectivity index (χ0) is 14.8.